The second kappa shape index (κ2) is 12.0. The van der Waals surface area contributed by atoms with Crippen LogP contribution in [0.15, 0.2) is 0 Å². The topological polar surface area (TPSA) is 97.9 Å². The van der Waals surface area contributed by atoms with E-state index in [4.69, 9.17) is 11.0 Å². The number of nitrogens with one attached hydrogen (secondary N) is 4. The third-order valence-electron chi connectivity index (χ3n) is 11.9. The summed E-state index contributed by atoms with van der Waals surface area (Å²) in [5.41, 5.74) is 6.09. The van der Waals surface area contributed by atoms with Crippen LogP contribution in [0.3, 0.4) is 0 Å². The fourth-order valence-electron chi connectivity index (χ4n) is 8.77. The molecule has 4 bridgehead atoms. The number of rotatable bonds is 12. The van der Waals surface area contributed by atoms with Crippen LogP contribution >= 0.6 is 0 Å². The minimum absolute atomic E-state index is 0.207. The van der Waals surface area contributed by atoms with Gasteiger partial charge in [0, 0.05) is 48.3 Å². The Morgan fingerprint density at radius 3 is 1.59 bits per heavy atom. The van der Waals surface area contributed by atoms with E-state index < -0.39 is 0 Å². The molecule has 0 heterocycles. The molecule has 0 spiro atoms. The molecular formula is C35H62N6. The van der Waals surface area contributed by atoms with Crippen LogP contribution in [-0.4, -0.2) is 53.9 Å². The summed E-state index contributed by atoms with van der Waals surface area (Å²) < 4.78 is 0. The van der Waals surface area contributed by atoms with Crippen LogP contribution in [0.5, 0.6) is 0 Å². The van der Waals surface area contributed by atoms with E-state index in [-0.39, 0.29) is 16.6 Å². The summed E-state index contributed by atoms with van der Waals surface area (Å²) in [6, 6.07) is 5.51. The molecule has 232 valence electrons. The summed E-state index contributed by atoms with van der Waals surface area (Å²) in [4.78, 5) is 0. The van der Waals surface area contributed by atoms with Crippen molar-refractivity contribution in [3.63, 3.8) is 0 Å². The lowest BCUT2D eigenvalue weighted by Crippen LogP contribution is -2.58. The molecule has 9 rings (SSSR count). The van der Waals surface area contributed by atoms with E-state index in [0.717, 1.165) is 60.8 Å². The molecule has 0 amide bonds. The van der Waals surface area contributed by atoms with Crippen LogP contribution in [-0.2, 0) is 0 Å². The van der Waals surface area contributed by atoms with Crippen molar-refractivity contribution in [3.8, 4) is 6.07 Å². The molecule has 6 heteroatoms. The van der Waals surface area contributed by atoms with Gasteiger partial charge in [-0.1, -0.05) is 0 Å². The zero-order valence-electron chi connectivity index (χ0n) is 26.8. The molecule has 9 aliphatic rings. The lowest BCUT2D eigenvalue weighted by Gasteiger charge is -2.55. The summed E-state index contributed by atoms with van der Waals surface area (Å²) in [6.45, 7) is 11.0. The van der Waals surface area contributed by atoms with E-state index >= 15 is 0 Å². The maximum atomic E-state index is 8.96. The molecule has 41 heavy (non-hydrogen) atoms. The van der Waals surface area contributed by atoms with E-state index in [1.54, 1.807) is 6.42 Å². The standard InChI is InChI=1S/C17H30N2.C9H18N2.C9H14N2/c1-17(2,19-15-3-4-15)10-18-16-13-6-11-5-12(8-13)9-14(16)7-11;2*1-9(6-10,7-2-3-7)11-8-4-5-8/h11-16,18-19H,3-10H2,1-2H3;7-8,11H,2-6,10H2,1H3;7-8,11H,2-5H2,1H3. The first kappa shape index (κ1) is 30.3. The average molecular weight is 567 g/mol. The fraction of sp³-hybridized carbons (Fsp3) is 0.971. The molecule has 0 aliphatic heterocycles. The molecule has 9 fully saturated rings. The Kier molecular flexibility index (Phi) is 8.87. The molecule has 0 saturated heterocycles. The lowest BCUT2D eigenvalue weighted by atomic mass is 9.54. The third kappa shape index (κ3) is 8.27. The van der Waals surface area contributed by atoms with Gasteiger partial charge in [0.15, 0.2) is 0 Å². The molecule has 0 aromatic heterocycles. The molecule has 0 aromatic rings. The largest absolute Gasteiger partial charge is 0.329 e. The van der Waals surface area contributed by atoms with Crippen LogP contribution in [0.2, 0.25) is 0 Å². The van der Waals surface area contributed by atoms with Crippen molar-refractivity contribution >= 4 is 0 Å². The number of nitriles is 1. The fourth-order valence-corrected chi connectivity index (χ4v) is 8.77. The molecule has 6 nitrogen and oxygen atoms in total. The molecule has 2 atom stereocenters. The molecule has 9 aliphatic carbocycles. The van der Waals surface area contributed by atoms with Crippen molar-refractivity contribution in [2.24, 2.45) is 41.2 Å². The van der Waals surface area contributed by atoms with Gasteiger partial charge in [-0.15, -0.1) is 0 Å². The second-order valence-corrected chi connectivity index (χ2v) is 17.0. The van der Waals surface area contributed by atoms with E-state index in [1.165, 1.54) is 89.9 Å². The van der Waals surface area contributed by atoms with Crippen LogP contribution in [0.4, 0.5) is 0 Å². The van der Waals surface area contributed by atoms with Crippen LogP contribution in [0.1, 0.15) is 124 Å². The highest BCUT2D eigenvalue weighted by Gasteiger charge is 2.48. The zero-order chi connectivity index (χ0) is 28.8. The maximum absolute atomic E-state index is 8.96. The van der Waals surface area contributed by atoms with E-state index in [0.29, 0.717) is 12.0 Å². The maximum Gasteiger partial charge on any atom is 0.106 e. The summed E-state index contributed by atoms with van der Waals surface area (Å²) in [6.07, 6.45) is 21.0. The Hall–Kier alpha value is -0.710. The summed E-state index contributed by atoms with van der Waals surface area (Å²) in [5, 5.41) is 23.8. The molecule has 2 unspecified atom stereocenters. The second-order valence-electron chi connectivity index (χ2n) is 17.0. The number of hydrogen-bond acceptors (Lipinski definition) is 6. The SMILES string of the molecule is CC(C#N)(NC1CC1)C1CC1.CC(C)(CNC1C2CC3CC(C2)CC1C3)NC1CC1.CC(CN)(NC1CC1)C1CC1. The van der Waals surface area contributed by atoms with Gasteiger partial charge in [0.2, 0.25) is 0 Å². The molecule has 6 N–H and O–H groups in total. The van der Waals surface area contributed by atoms with Crippen molar-refractivity contribution in [2.45, 2.75) is 165 Å². The minimum atomic E-state index is -0.207. The van der Waals surface area contributed by atoms with Gasteiger partial charge >= 0.3 is 0 Å². The minimum Gasteiger partial charge on any atom is -0.329 e. The molecule has 0 radical (unpaired) electrons. The first-order chi connectivity index (χ1) is 19.6. The van der Waals surface area contributed by atoms with E-state index in [2.05, 4.69) is 48.1 Å². The van der Waals surface area contributed by atoms with Crippen LogP contribution in [0.25, 0.3) is 0 Å². The third-order valence-corrected chi connectivity index (χ3v) is 11.9. The molecular weight excluding hydrogens is 504 g/mol. The van der Waals surface area contributed by atoms with Gasteiger partial charge < -0.3 is 21.7 Å². The highest BCUT2D eigenvalue weighted by molar-refractivity contribution is 5.14. The molecule has 0 aromatic carbocycles. The van der Waals surface area contributed by atoms with Gasteiger partial charge in [-0.3, -0.25) is 5.32 Å². The normalized spacial score (nSPS) is 36.6. The Balaban J connectivity index is 0.000000118. The lowest BCUT2D eigenvalue weighted by molar-refractivity contribution is -0.0154. The van der Waals surface area contributed by atoms with Crippen molar-refractivity contribution in [3.05, 3.63) is 0 Å². The smallest absolute Gasteiger partial charge is 0.106 e. The predicted molar refractivity (Wildman–Crippen MR) is 168 cm³/mol. The Bertz CT molecular complexity index is 895. The van der Waals surface area contributed by atoms with Gasteiger partial charge in [0.1, 0.15) is 5.54 Å². The van der Waals surface area contributed by atoms with Gasteiger partial charge in [-0.2, -0.15) is 5.26 Å². The number of nitrogens with two attached hydrogens (primary N) is 1. The first-order valence-corrected chi connectivity index (χ1v) is 17.8. The number of nitrogens with zero attached hydrogens (tertiary/aromatic N) is 1. The van der Waals surface area contributed by atoms with Crippen molar-refractivity contribution in [1.29, 1.82) is 5.26 Å². The summed E-state index contributed by atoms with van der Waals surface area (Å²) in [7, 11) is 0. The summed E-state index contributed by atoms with van der Waals surface area (Å²) >= 11 is 0. The Labute approximate surface area is 251 Å². The van der Waals surface area contributed by atoms with E-state index in [9.17, 15) is 0 Å². The van der Waals surface area contributed by atoms with Crippen LogP contribution in [0, 0.1) is 46.8 Å². The molecule has 9 saturated carbocycles. The van der Waals surface area contributed by atoms with Gasteiger partial charge in [-0.25, -0.2) is 0 Å². The van der Waals surface area contributed by atoms with Crippen LogP contribution < -0.4 is 27.0 Å². The monoisotopic (exact) mass is 567 g/mol. The Morgan fingerprint density at radius 2 is 1.15 bits per heavy atom. The van der Waals surface area contributed by atoms with Crippen molar-refractivity contribution in [2.75, 3.05) is 13.1 Å². The van der Waals surface area contributed by atoms with Gasteiger partial charge in [0.25, 0.3) is 0 Å². The summed E-state index contributed by atoms with van der Waals surface area (Å²) in [5.74, 6) is 5.71. The van der Waals surface area contributed by atoms with Gasteiger partial charge in [0.05, 0.1) is 6.07 Å². The van der Waals surface area contributed by atoms with E-state index in [1.807, 2.05) is 6.92 Å². The zero-order valence-corrected chi connectivity index (χ0v) is 26.8. The van der Waals surface area contributed by atoms with Gasteiger partial charge in [-0.05, 0) is 160 Å². The van der Waals surface area contributed by atoms with Crippen molar-refractivity contribution < 1.29 is 0 Å². The predicted octanol–water partition coefficient (Wildman–Crippen LogP) is 5.23. The van der Waals surface area contributed by atoms with Crippen molar-refractivity contribution in [1.82, 2.24) is 21.3 Å². The number of hydrogen-bond donors (Lipinski definition) is 5. The first-order valence-electron chi connectivity index (χ1n) is 17.8. The highest BCUT2D eigenvalue weighted by Crippen LogP contribution is 2.53. The Morgan fingerprint density at radius 1 is 0.659 bits per heavy atom. The quantitative estimate of drug-likeness (QED) is 0.222. The average Bonchev–Trinajstić information content (AvgIpc) is 3.74. The highest BCUT2D eigenvalue weighted by atomic mass is 15.1.